The topological polar surface area (TPSA) is 43.4 Å². The van der Waals surface area contributed by atoms with E-state index in [1.54, 1.807) is 7.11 Å². The Morgan fingerprint density at radius 2 is 2.00 bits per heavy atom. The Hall–Kier alpha value is -1.81. The highest BCUT2D eigenvalue weighted by atomic mass is 32.2. The van der Waals surface area contributed by atoms with Crippen molar-refractivity contribution in [3.63, 3.8) is 0 Å². The van der Waals surface area contributed by atoms with Gasteiger partial charge in [-0.2, -0.15) is 0 Å². The fraction of sp³-hybridized carbons (Fsp3) is 0.368. The van der Waals surface area contributed by atoms with E-state index in [0.29, 0.717) is 6.42 Å². The van der Waals surface area contributed by atoms with Gasteiger partial charge in [-0.3, -0.25) is 0 Å². The molecule has 4 rings (SSSR count). The number of ether oxygens (including phenoxy) is 1. The summed E-state index contributed by atoms with van der Waals surface area (Å²) in [6.45, 7) is 0. The van der Waals surface area contributed by atoms with E-state index in [0.717, 1.165) is 18.6 Å². The van der Waals surface area contributed by atoms with E-state index in [2.05, 4.69) is 18.2 Å². The summed E-state index contributed by atoms with van der Waals surface area (Å²) in [7, 11) is -1.50. The largest absolute Gasteiger partial charge is 0.497 e. The summed E-state index contributed by atoms with van der Waals surface area (Å²) >= 11 is 0. The minimum absolute atomic E-state index is 0.0574. The molecular weight excluding hydrogens is 308 g/mol. The molecule has 2 aliphatic heterocycles. The molecule has 3 nitrogen and oxygen atoms in total. The van der Waals surface area contributed by atoms with Gasteiger partial charge in [0.15, 0.2) is 9.84 Å². The number of allylic oxidation sites excluding steroid dienone is 4. The molecule has 3 atom stereocenters. The highest BCUT2D eigenvalue weighted by Crippen LogP contribution is 2.44. The quantitative estimate of drug-likeness (QED) is 0.794. The zero-order chi connectivity index (χ0) is 16.0. The summed E-state index contributed by atoms with van der Waals surface area (Å²) in [4.78, 5) is 0. The van der Waals surface area contributed by atoms with Gasteiger partial charge in [0.05, 0.1) is 17.6 Å². The van der Waals surface area contributed by atoms with E-state index < -0.39 is 20.3 Å². The lowest BCUT2D eigenvalue weighted by Gasteiger charge is -2.31. The van der Waals surface area contributed by atoms with E-state index in [-0.39, 0.29) is 5.92 Å². The van der Waals surface area contributed by atoms with Crippen molar-refractivity contribution >= 4 is 15.4 Å². The summed E-state index contributed by atoms with van der Waals surface area (Å²) in [5, 5.41) is -0.811. The number of fused-ring (bicyclic) bond motifs is 6. The molecule has 1 aromatic carbocycles. The molecule has 0 N–H and O–H groups in total. The van der Waals surface area contributed by atoms with Gasteiger partial charge >= 0.3 is 0 Å². The van der Waals surface area contributed by atoms with Crippen LogP contribution in [0.25, 0.3) is 5.57 Å². The van der Waals surface area contributed by atoms with Crippen LogP contribution in [-0.4, -0.2) is 26.0 Å². The fourth-order valence-electron chi connectivity index (χ4n) is 4.06. The predicted octanol–water partition coefficient (Wildman–Crippen LogP) is 3.32. The molecule has 1 aromatic rings. The molecule has 0 aromatic heterocycles. The second-order valence-corrected chi connectivity index (χ2v) is 8.75. The zero-order valence-electron chi connectivity index (χ0n) is 13.1. The predicted molar refractivity (Wildman–Crippen MR) is 92.2 cm³/mol. The van der Waals surface area contributed by atoms with E-state index in [4.69, 9.17) is 4.74 Å². The second-order valence-electron chi connectivity index (χ2n) is 6.43. The monoisotopic (exact) mass is 328 g/mol. The first-order chi connectivity index (χ1) is 11.1. The van der Waals surface area contributed by atoms with Gasteiger partial charge in [0.1, 0.15) is 5.75 Å². The first-order valence-corrected chi connectivity index (χ1v) is 9.67. The third-order valence-corrected chi connectivity index (χ3v) is 7.69. The molecule has 0 saturated carbocycles. The SMILES string of the molecule is COc1ccc2c(c1)CC[C@@H]1C2=CC[C@@H]2C=CC=C[C@H]1S2(=O)=O. The Bertz CT molecular complexity index is 830. The summed E-state index contributed by atoms with van der Waals surface area (Å²) < 4.78 is 31.2. The Morgan fingerprint density at radius 1 is 1.17 bits per heavy atom. The van der Waals surface area contributed by atoms with Crippen molar-refractivity contribution in [1.29, 1.82) is 0 Å². The first-order valence-electron chi connectivity index (χ1n) is 8.06. The molecule has 0 unspecified atom stereocenters. The van der Waals surface area contributed by atoms with Crippen molar-refractivity contribution in [2.75, 3.05) is 7.11 Å². The van der Waals surface area contributed by atoms with Crippen molar-refractivity contribution in [2.24, 2.45) is 5.92 Å². The number of sulfone groups is 1. The summed E-state index contributed by atoms with van der Waals surface area (Å²) in [5.74, 6) is 0.921. The summed E-state index contributed by atoms with van der Waals surface area (Å²) in [5.41, 5.74) is 3.66. The Labute approximate surface area is 137 Å². The normalized spacial score (nSPS) is 30.5. The highest BCUT2D eigenvalue weighted by Gasteiger charge is 2.42. The average molecular weight is 328 g/mol. The molecule has 1 aliphatic carbocycles. The van der Waals surface area contributed by atoms with Gasteiger partial charge in [0.25, 0.3) is 0 Å². The lowest BCUT2D eigenvalue weighted by molar-refractivity contribution is 0.413. The zero-order valence-corrected chi connectivity index (χ0v) is 13.9. The maximum Gasteiger partial charge on any atom is 0.164 e. The standard InChI is InChI=1S/C19H20O3S/c1-22-14-7-10-16-13(12-14)6-9-18-17(16)11-8-15-4-2-3-5-19(18)23(15,20)21/h2-5,7,10-12,15,18-19H,6,8-9H2,1H3/t15-,18+,19+/m0/s1. The van der Waals surface area contributed by atoms with E-state index >= 15 is 0 Å². The van der Waals surface area contributed by atoms with Crippen molar-refractivity contribution in [2.45, 2.75) is 29.8 Å². The molecule has 23 heavy (non-hydrogen) atoms. The third kappa shape index (κ3) is 2.27. The van der Waals surface area contributed by atoms with Crippen LogP contribution in [0.15, 0.2) is 48.6 Å². The maximum absolute atomic E-state index is 12.9. The third-order valence-electron chi connectivity index (χ3n) is 5.25. The van der Waals surface area contributed by atoms with Crippen LogP contribution >= 0.6 is 0 Å². The van der Waals surface area contributed by atoms with E-state index in [9.17, 15) is 8.42 Å². The Morgan fingerprint density at radius 3 is 2.83 bits per heavy atom. The van der Waals surface area contributed by atoms with Gasteiger partial charge in [-0.25, -0.2) is 8.42 Å². The smallest absolute Gasteiger partial charge is 0.164 e. The fourth-order valence-corrected chi connectivity index (χ4v) is 6.18. The van der Waals surface area contributed by atoms with Crippen LogP contribution < -0.4 is 4.74 Å². The van der Waals surface area contributed by atoms with Crippen molar-refractivity contribution < 1.29 is 13.2 Å². The van der Waals surface area contributed by atoms with Crippen LogP contribution in [0.4, 0.5) is 0 Å². The summed E-state index contributed by atoms with van der Waals surface area (Å²) in [6, 6.07) is 6.14. The molecule has 0 spiro atoms. The van der Waals surface area contributed by atoms with E-state index in [1.165, 1.54) is 16.7 Å². The maximum atomic E-state index is 12.9. The molecule has 2 bridgehead atoms. The highest BCUT2D eigenvalue weighted by molar-refractivity contribution is 7.93. The number of hydrogen-bond donors (Lipinski definition) is 0. The van der Waals surface area contributed by atoms with Gasteiger partial charge in [0, 0.05) is 5.92 Å². The van der Waals surface area contributed by atoms with Gasteiger partial charge < -0.3 is 4.74 Å². The summed E-state index contributed by atoms with van der Waals surface area (Å²) in [6.07, 6.45) is 12.0. The molecular formula is C19H20O3S. The van der Waals surface area contributed by atoms with Gasteiger partial charge in [-0.05, 0) is 48.1 Å². The van der Waals surface area contributed by atoms with Crippen LogP contribution in [0.2, 0.25) is 0 Å². The van der Waals surface area contributed by atoms with Crippen molar-refractivity contribution in [3.05, 3.63) is 59.7 Å². The Balaban J connectivity index is 1.85. The molecule has 0 fully saturated rings. The number of benzene rings is 1. The Kier molecular flexibility index (Phi) is 3.45. The molecule has 4 heteroatoms. The number of aryl methyl sites for hydroxylation is 1. The minimum atomic E-state index is -3.17. The van der Waals surface area contributed by atoms with Crippen LogP contribution in [-0.2, 0) is 16.3 Å². The van der Waals surface area contributed by atoms with Crippen LogP contribution in [0.1, 0.15) is 24.0 Å². The van der Waals surface area contributed by atoms with Crippen LogP contribution in [0, 0.1) is 5.92 Å². The average Bonchev–Trinajstić information content (AvgIpc) is 2.77. The van der Waals surface area contributed by atoms with Crippen molar-refractivity contribution in [3.8, 4) is 5.75 Å². The van der Waals surface area contributed by atoms with Gasteiger partial charge in [-0.15, -0.1) is 0 Å². The molecule has 3 aliphatic rings. The number of rotatable bonds is 1. The van der Waals surface area contributed by atoms with Gasteiger partial charge in [-0.1, -0.05) is 36.4 Å². The first kappa shape index (κ1) is 14.8. The molecule has 0 saturated heterocycles. The number of hydrogen-bond acceptors (Lipinski definition) is 3. The van der Waals surface area contributed by atoms with Crippen LogP contribution in [0.5, 0.6) is 5.75 Å². The minimum Gasteiger partial charge on any atom is -0.497 e. The number of methoxy groups -OCH3 is 1. The molecule has 120 valence electrons. The molecule has 0 amide bonds. The van der Waals surface area contributed by atoms with Crippen molar-refractivity contribution in [1.82, 2.24) is 0 Å². The van der Waals surface area contributed by atoms with E-state index in [1.807, 2.05) is 30.4 Å². The lowest BCUT2D eigenvalue weighted by Crippen LogP contribution is -2.34. The van der Waals surface area contributed by atoms with Gasteiger partial charge in [0.2, 0.25) is 0 Å². The molecule has 2 heterocycles. The molecule has 0 radical (unpaired) electrons. The van der Waals surface area contributed by atoms with Crippen LogP contribution in [0.3, 0.4) is 0 Å². The lowest BCUT2D eigenvalue weighted by atomic mass is 9.77. The second kappa shape index (κ2) is 5.38.